The van der Waals surface area contributed by atoms with Gasteiger partial charge in [-0.2, -0.15) is 0 Å². The first kappa shape index (κ1) is 21.5. The largest absolute Gasteiger partial charge is 0.496 e. The van der Waals surface area contributed by atoms with Crippen molar-refractivity contribution in [2.24, 2.45) is 0 Å². The first-order valence-electron chi connectivity index (χ1n) is 11.1. The van der Waals surface area contributed by atoms with Crippen LogP contribution in [0.1, 0.15) is 0 Å². The van der Waals surface area contributed by atoms with Crippen LogP contribution in [0.4, 0.5) is 0 Å². The van der Waals surface area contributed by atoms with E-state index in [9.17, 15) is 0 Å². The second kappa shape index (κ2) is 8.89. The summed E-state index contributed by atoms with van der Waals surface area (Å²) in [4.78, 5) is 0. The van der Waals surface area contributed by atoms with Gasteiger partial charge in [0.05, 0.1) is 14.2 Å². The molecule has 0 saturated carbocycles. The monoisotopic (exact) mass is 450 g/mol. The van der Waals surface area contributed by atoms with Crippen molar-refractivity contribution >= 4 is 34.8 Å². The summed E-state index contributed by atoms with van der Waals surface area (Å²) in [6.07, 6.45) is 0. The highest BCUT2D eigenvalue weighted by Crippen LogP contribution is 2.45. The maximum atomic E-state index is 5.89. The summed E-state index contributed by atoms with van der Waals surface area (Å²) in [6, 6.07) is 32.2. The summed E-state index contributed by atoms with van der Waals surface area (Å²) in [6.45, 7) is 4.65. The third-order valence-corrected chi connectivity index (χ3v) is 7.62. The van der Waals surface area contributed by atoms with E-state index in [2.05, 4.69) is 104 Å². The maximum absolute atomic E-state index is 5.89. The molecule has 0 spiro atoms. The summed E-state index contributed by atoms with van der Waals surface area (Å²) >= 11 is 0. The van der Waals surface area contributed by atoms with E-state index in [0.717, 1.165) is 22.6 Å². The molecule has 0 fully saturated rings. The van der Waals surface area contributed by atoms with Crippen LogP contribution in [0.15, 0.2) is 91.0 Å². The average molecular weight is 451 g/mol. The van der Waals surface area contributed by atoms with E-state index in [1.54, 1.807) is 14.2 Å². The van der Waals surface area contributed by atoms with E-state index < -0.39 is 7.92 Å². The number of methoxy groups -OCH3 is 2. The first-order valence-corrected chi connectivity index (χ1v) is 13.3. The third kappa shape index (κ3) is 3.65. The number of rotatable bonds is 5. The van der Waals surface area contributed by atoms with E-state index >= 15 is 0 Å². The van der Waals surface area contributed by atoms with Crippen molar-refractivity contribution in [1.29, 1.82) is 0 Å². The van der Waals surface area contributed by atoms with E-state index in [0.29, 0.717) is 0 Å². The Morgan fingerprint density at radius 3 is 1.39 bits per heavy atom. The molecule has 164 valence electrons. The van der Waals surface area contributed by atoms with Gasteiger partial charge in [-0.15, -0.1) is 0 Å². The van der Waals surface area contributed by atoms with Gasteiger partial charge in [-0.05, 0) is 63.4 Å². The quantitative estimate of drug-likeness (QED) is 0.255. The van der Waals surface area contributed by atoms with Crippen molar-refractivity contribution in [3.63, 3.8) is 0 Å². The molecular weight excluding hydrogens is 423 g/mol. The van der Waals surface area contributed by atoms with Crippen LogP contribution in [0.25, 0.3) is 43.8 Å². The van der Waals surface area contributed by atoms with Crippen LogP contribution in [0.3, 0.4) is 0 Å². The minimum Gasteiger partial charge on any atom is -0.496 e. The number of hydrogen-bond acceptors (Lipinski definition) is 2. The molecule has 0 bridgehead atoms. The number of ether oxygens (including phenoxy) is 2. The predicted octanol–water partition coefficient (Wildman–Crippen LogP) is 7.71. The van der Waals surface area contributed by atoms with Crippen LogP contribution in [0, 0.1) is 0 Å². The smallest absolute Gasteiger partial charge is 0.127 e. The van der Waals surface area contributed by atoms with Crippen LogP contribution in [-0.2, 0) is 0 Å². The standard InChI is InChI=1S/C30H27O2P/c1-31-26-18-16-20-10-5-7-12-22(20)28(26)24-14-9-15-25(30(24)33(3)4)29-23-13-8-6-11-21(23)17-19-27(29)32-2/h5-19H,1-4H3. The Morgan fingerprint density at radius 1 is 0.515 bits per heavy atom. The van der Waals surface area contributed by atoms with E-state index in [-0.39, 0.29) is 0 Å². The molecule has 0 aliphatic rings. The van der Waals surface area contributed by atoms with Gasteiger partial charge >= 0.3 is 0 Å². The lowest BCUT2D eigenvalue weighted by Gasteiger charge is -2.23. The Labute approximate surface area is 196 Å². The van der Waals surface area contributed by atoms with Gasteiger partial charge in [0.25, 0.3) is 0 Å². The summed E-state index contributed by atoms with van der Waals surface area (Å²) in [5, 5.41) is 6.19. The molecule has 0 amide bonds. The second-order valence-corrected chi connectivity index (χ2v) is 10.6. The molecule has 0 aliphatic heterocycles. The minimum atomic E-state index is -0.441. The van der Waals surface area contributed by atoms with Gasteiger partial charge in [-0.1, -0.05) is 86.8 Å². The van der Waals surface area contributed by atoms with Gasteiger partial charge in [0.2, 0.25) is 0 Å². The lowest BCUT2D eigenvalue weighted by Crippen LogP contribution is -2.10. The van der Waals surface area contributed by atoms with E-state index in [1.165, 1.54) is 38.0 Å². The Bertz CT molecular complexity index is 1360. The Kier molecular flexibility index (Phi) is 5.79. The molecule has 0 heterocycles. The molecule has 0 aliphatic carbocycles. The fourth-order valence-corrected chi connectivity index (χ4v) is 6.16. The molecule has 0 N–H and O–H groups in total. The molecule has 5 aromatic carbocycles. The minimum absolute atomic E-state index is 0.441. The topological polar surface area (TPSA) is 18.5 Å². The van der Waals surface area contributed by atoms with Gasteiger partial charge in [0.1, 0.15) is 11.5 Å². The number of benzene rings is 5. The average Bonchev–Trinajstić information content (AvgIpc) is 2.86. The lowest BCUT2D eigenvalue weighted by atomic mass is 9.92. The van der Waals surface area contributed by atoms with Crippen molar-refractivity contribution in [2.75, 3.05) is 27.5 Å². The fraction of sp³-hybridized carbons (Fsp3) is 0.133. The van der Waals surface area contributed by atoms with Gasteiger partial charge in [0.15, 0.2) is 0 Å². The van der Waals surface area contributed by atoms with Crippen LogP contribution >= 0.6 is 7.92 Å². The van der Waals surface area contributed by atoms with Crippen LogP contribution in [0.5, 0.6) is 11.5 Å². The Balaban J connectivity index is 1.91. The fourth-order valence-electron chi connectivity index (χ4n) is 4.83. The van der Waals surface area contributed by atoms with Crippen molar-refractivity contribution in [2.45, 2.75) is 0 Å². The van der Waals surface area contributed by atoms with Gasteiger partial charge in [-0.3, -0.25) is 0 Å². The molecule has 5 aromatic rings. The first-order chi connectivity index (χ1) is 16.1. The zero-order chi connectivity index (χ0) is 22.9. The molecule has 33 heavy (non-hydrogen) atoms. The molecule has 0 unspecified atom stereocenters. The Morgan fingerprint density at radius 2 is 0.970 bits per heavy atom. The van der Waals surface area contributed by atoms with E-state index in [4.69, 9.17) is 9.47 Å². The number of fused-ring (bicyclic) bond motifs is 2. The highest BCUT2D eigenvalue weighted by molar-refractivity contribution is 7.64. The lowest BCUT2D eigenvalue weighted by molar-refractivity contribution is 0.417. The molecule has 3 heteroatoms. The SMILES string of the molecule is COc1ccc2ccccc2c1-c1cccc(-c2c(OC)ccc3ccccc23)c1P(C)C. The highest BCUT2D eigenvalue weighted by Gasteiger charge is 2.22. The second-order valence-electron chi connectivity index (χ2n) is 8.32. The van der Waals surface area contributed by atoms with Crippen LogP contribution in [-0.4, -0.2) is 27.5 Å². The van der Waals surface area contributed by atoms with Crippen molar-refractivity contribution < 1.29 is 9.47 Å². The van der Waals surface area contributed by atoms with Crippen LogP contribution < -0.4 is 14.8 Å². The molecule has 0 atom stereocenters. The third-order valence-electron chi connectivity index (χ3n) is 6.24. The summed E-state index contributed by atoms with van der Waals surface area (Å²) in [5.41, 5.74) is 4.77. The summed E-state index contributed by atoms with van der Waals surface area (Å²) in [5.74, 6) is 1.79. The van der Waals surface area contributed by atoms with Crippen molar-refractivity contribution in [1.82, 2.24) is 0 Å². The van der Waals surface area contributed by atoms with Crippen LogP contribution in [0.2, 0.25) is 0 Å². The van der Waals surface area contributed by atoms with Crippen molar-refractivity contribution in [3.05, 3.63) is 91.0 Å². The van der Waals surface area contributed by atoms with Gasteiger partial charge < -0.3 is 9.47 Å². The normalized spacial score (nSPS) is 11.3. The molecular formula is C30H27O2P. The van der Waals surface area contributed by atoms with Gasteiger partial charge in [0, 0.05) is 11.1 Å². The Hall–Kier alpha value is -3.35. The summed E-state index contributed by atoms with van der Waals surface area (Å²) in [7, 11) is 3.07. The van der Waals surface area contributed by atoms with Crippen molar-refractivity contribution in [3.8, 4) is 33.8 Å². The zero-order valence-electron chi connectivity index (χ0n) is 19.4. The molecule has 0 aromatic heterocycles. The molecule has 0 radical (unpaired) electrons. The molecule has 0 saturated heterocycles. The maximum Gasteiger partial charge on any atom is 0.127 e. The summed E-state index contributed by atoms with van der Waals surface area (Å²) < 4.78 is 11.8. The zero-order valence-corrected chi connectivity index (χ0v) is 20.3. The van der Waals surface area contributed by atoms with E-state index in [1.807, 2.05) is 0 Å². The highest BCUT2D eigenvalue weighted by atomic mass is 31.1. The van der Waals surface area contributed by atoms with Gasteiger partial charge in [-0.25, -0.2) is 0 Å². The molecule has 2 nitrogen and oxygen atoms in total. The predicted molar refractivity (Wildman–Crippen MR) is 144 cm³/mol. The number of hydrogen-bond donors (Lipinski definition) is 0. The molecule has 5 rings (SSSR count).